The number of aromatic nitrogens is 3. The molecule has 0 aromatic carbocycles. The third-order valence-corrected chi connectivity index (χ3v) is 4.63. The van der Waals surface area contributed by atoms with Crippen LogP contribution in [0.25, 0.3) is 0 Å². The average Bonchev–Trinajstić information content (AvgIpc) is 2.99. The van der Waals surface area contributed by atoms with Crippen molar-refractivity contribution in [3.05, 3.63) is 35.7 Å². The van der Waals surface area contributed by atoms with Crippen molar-refractivity contribution in [3.8, 4) is 5.88 Å². The molecular weight excluding hydrogens is 316 g/mol. The maximum atomic E-state index is 5.85. The SMILES string of the molecule is Cc1nc(CN2CCC(COc3ccc(C(C)(C)C)nn3)CC2)co1. The van der Waals surface area contributed by atoms with E-state index in [1.165, 1.54) is 0 Å². The number of rotatable bonds is 5. The van der Waals surface area contributed by atoms with Crippen molar-refractivity contribution in [2.45, 2.75) is 52.5 Å². The fraction of sp³-hybridized carbons (Fsp3) is 0.632. The summed E-state index contributed by atoms with van der Waals surface area (Å²) >= 11 is 0. The number of aryl methyl sites for hydroxylation is 1. The van der Waals surface area contributed by atoms with Gasteiger partial charge in [-0.1, -0.05) is 20.8 Å². The molecule has 6 nitrogen and oxygen atoms in total. The highest BCUT2D eigenvalue weighted by atomic mass is 16.5. The van der Waals surface area contributed by atoms with Gasteiger partial charge in [0.05, 0.1) is 18.0 Å². The molecule has 6 heteroatoms. The zero-order chi connectivity index (χ0) is 17.9. The zero-order valence-corrected chi connectivity index (χ0v) is 15.7. The molecule has 2 aromatic heterocycles. The van der Waals surface area contributed by atoms with Crippen molar-refractivity contribution in [2.24, 2.45) is 5.92 Å². The predicted octanol–water partition coefficient (Wildman–Crippen LogP) is 3.36. The van der Waals surface area contributed by atoms with E-state index in [-0.39, 0.29) is 5.41 Å². The third kappa shape index (κ3) is 5.01. The molecule has 1 saturated heterocycles. The lowest BCUT2D eigenvalue weighted by atomic mass is 9.92. The molecular formula is C19H28N4O2. The Balaban J connectivity index is 1.42. The van der Waals surface area contributed by atoms with Crippen LogP contribution in [0.5, 0.6) is 5.88 Å². The third-order valence-electron chi connectivity index (χ3n) is 4.63. The molecule has 1 aliphatic rings. The van der Waals surface area contributed by atoms with E-state index in [0.717, 1.165) is 49.8 Å². The van der Waals surface area contributed by atoms with Crippen LogP contribution in [0.2, 0.25) is 0 Å². The van der Waals surface area contributed by atoms with Crippen LogP contribution in [0.1, 0.15) is 50.9 Å². The molecule has 0 amide bonds. The first-order chi connectivity index (χ1) is 11.9. The van der Waals surface area contributed by atoms with Crippen LogP contribution in [0.3, 0.4) is 0 Å². The van der Waals surface area contributed by atoms with Crippen LogP contribution in [-0.2, 0) is 12.0 Å². The molecule has 136 valence electrons. The molecule has 0 saturated carbocycles. The summed E-state index contributed by atoms with van der Waals surface area (Å²) in [6, 6.07) is 3.93. The van der Waals surface area contributed by atoms with Gasteiger partial charge in [0.15, 0.2) is 5.89 Å². The maximum Gasteiger partial charge on any atom is 0.233 e. The molecule has 25 heavy (non-hydrogen) atoms. The monoisotopic (exact) mass is 344 g/mol. The minimum atomic E-state index is 0.0146. The van der Waals surface area contributed by atoms with E-state index in [1.54, 1.807) is 6.26 Å². The van der Waals surface area contributed by atoms with Gasteiger partial charge in [-0.3, -0.25) is 4.90 Å². The molecule has 0 unspecified atom stereocenters. The van der Waals surface area contributed by atoms with Crippen LogP contribution in [0.4, 0.5) is 0 Å². The Morgan fingerprint density at radius 3 is 2.52 bits per heavy atom. The molecule has 1 aliphatic heterocycles. The Morgan fingerprint density at radius 1 is 1.20 bits per heavy atom. The number of nitrogens with zero attached hydrogens (tertiary/aromatic N) is 4. The predicted molar refractivity (Wildman–Crippen MR) is 95.5 cm³/mol. The Labute approximate surface area is 149 Å². The molecule has 0 aliphatic carbocycles. The lowest BCUT2D eigenvalue weighted by Gasteiger charge is -2.31. The second-order valence-electron chi connectivity index (χ2n) is 7.90. The van der Waals surface area contributed by atoms with Gasteiger partial charge in [0.2, 0.25) is 5.88 Å². The van der Waals surface area contributed by atoms with Gasteiger partial charge in [0.25, 0.3) is 0 Å². The molecule has 0 spiro atoms. The van der Waals surface area contributed by atoms with Gasteiger partial charge in [-0.2, -0.15) is 5.10 Å². The van der Waals surface area contributed by atoms with Crippen LogP contribution >= 0.6 is 0 Å². The van der Waals surface area contributed by atoms with Crippen molar-refractivity contribution in [1.29, 1.82) is 0 Å². The van der Waals surface area contributed by atoms with E-state index in [1.807, 2.05) is 19.1 Å². The van der Waals surface area contributed by atoms with E-state index in [2.05, 4.69) is 40.9 Å². The molecule has 1 fully saturated rings. The van der Waals surface area contributed by atoms with Crippen LogP contribution < -0.4 is 4.74 Å². The Bertz CT molecular complexity index is 667. The van der Waals surface area contributed by atoms with Gasteiger partial charge in [-0.25, -0.2) is 4.98 Å². The van der Waals surface area contributed by atoms with Crippen molar-refractivity contribution in [3.63, 3.8) is 0 Å². The first kappa shape index (κ1) is 17.9. The normalized spacial score (nSPS) is 17.0. The summed E-state index contributed by atoms with van der Waals surface area (Å²) in [7, 11) is 0. The van der Waals surface area contributed by atoms with Crippen molar-refractivity contribution >= 4 is 0 Å². The summed E-state index contributed by atoms with van der Waals surface area (Å²) < 4.78 is 11.1. The number of ether oxygens (including phenoxy) is 1. The van der Waals surface area contributed by atoms with Gasteiger partial charge < -0.3 is 9.15 Å². The topological polar surface area (TPSA) is 64.3 Å². The van der Waals surface area contributed by atoms with Gasteiger partial charge in [0, 0.05) is 24.9 Å². The number of oxazole rings is 1. The summed E-state index contributed by atoms with van der Waals surface area (Å²) in [5.41, 5.74) is 2.01. The quantitative estimate of drug-likeness (QED) is 0.829. The summed E-state index contributed by atoms with van der Waals surface area (Å²) in [5, 5.41) is 8.48. The maximum absolute atomic E-state index is 5.85. The number of piperidine rings is 1. The number of hydrogen-bond donors (Lipinski definition) is 0. The van der Waals surface area contributed by atoms with Gasteiger partial charge in [-0.15, -0.1) is 5.10 Å². The van der Waals surface area contributed by atoms with Crippen molar-refractivity contribution in [2.75, 3.05) is 19.7 Å². The molecule has 0 radical (unpaired) electrons. The summed E-state index contributed by atoms with van der Waals surface area (Å²) in [5.74, 6) is 1.92. The summed E-state index contributed by atoms with van der Waals surface area (Å²) in [6.45, 7) is 12.0. The Hall–Kier alpha value is -1.95. The second kappa shape index (κ2) is 7.52. The lowest BCUT2D eigenvalue weighted by molar-refractivity contribution is 0.133. The average molecular weight is 344 g/mol. The number of hydrogen-bond acceptors (Lipinski definition) is 6. The molecule has 3 rings (SSSR count). The first-order valence-corrected chi connectivity index (χ1v) is 9.00. The molecule has 0 bridgehead atoms. The van der Waals surface area contributed by atoms with Crippen molar-refractivity contribution < 1.29 is 9.15 Å². The van der Waals surface area contributed by atoms with E-state index in [9.17, 15) is 0 Å². The van der Waals surface area contributed by atoms with E-state index < -0.39 is 0 Å². The van der Waals surface area contributed by atoms with E-state index in [0.29, 0.717) is 18.4 Å². The van der Waals surface area contributed by atoms with E-state index in [4.69, 9.17) is 9.15 Å². The van der Waals surface area contributed by atoms with Crippen LogP contribution in [0.15, 0.2) is 22.8 Å². The van der Waals surface area contributed by atoms with Crippen molar-refractivity contribution in [1.82, 2.24) is 20.1 Å². The van der Waals surface area contributed by atoms with Gasteiger partial charge in [0.1, 0.15) is 6.26 Å². The smallest absolute Gasteiger partial charge is 0.233 e. The van der Waals surface area contributed by atoms with Gasteiger partial charge in [-0.05, 0) is 37.9 Å². The standard InChI is InChI=1S/C19H28N4O2/c1-14-20-16(13-24-14)11-23-9-7-15(8-10-23)12-25-18-6-5-17(21-22-18)19(2,3)4/h5-6,13,15H,7-12H2,1-4H3. The fourth-order valence-corrected chi connectivity index (χ4v) is 3.02. The first-order valence-electron chi connectivity index (χ1n) is 9.00. The van der Waals surface area contributed by atoms with E-state index >= 15 is 0 Å². The highest BCUT2D eigenvalue weighted by Crippen LogP contribution is 2.22. The second-order valence-corrected chi connectivity index (χ2v) is 7.90. The largest absolute Gasteiger partial charge is 0.476 e. The molecule has 0 N–H and O–H groups in total. The summed E-state index contributed by atoms with van der Waals surface area (Å²) in [4.78, 5) is 6.80. The minimum absolute atomic E-state index is 0.0146. The fourth-order valence-electron chi connectivity index (χ4n) is 3.02. The molecule has 2 aromatic rings. The highest BCUT2D eigenvalue weighted by Gasteiger charge is 2.21. The Morgan fingerprint density at radius 2 is 1.96 bits per heavy atom. The Kier molecular flexibility index (Phi) is 5.37. The van der Waals surface area contributed by atoms with Crippen LogP contribution in [0, 0.1) is 12.8 Å². The minimum Gasteiger partial charge on any atom is -0.476 e. The highest BCUT2D eigenvalue weighted by molar-refractivity contribution is 5.16. The summed E-state index contributed by atoms with van der Waals surface area (Å²) in [6.07, 6.45) is 4.01. The van der Waals surface area contributed by atoms with Gasteiger partial charge >= 0.3 is 0 Å². The molecule has 0 atom stereocenters. The number of likely N-dealkylation sites (tertiary alicyclic amines) is 1. The lowest BCUT2D eigenvalue weighted by Crippen LogP contribution is -2.35. The van der Waals surface area contributed by atoms with Crippen LogP contribution in [-0.4, -0.2) is 39.8 Å². The zero-order valence-electron chi connectivity index (χ0n) is 15.7. The molecule has 3 heterocycles.